The fourth-order valence-corrected chi connectivity index (χ4v) is 2.48. The largest absolute Gasteiger partial charge is 0.377 e. The molecule has 3 rings (SSSR count). The summed E-state index contributed by atoms with van der Waals surface area (Å²) in [5.74, 6) is -0.492. The van der Waals surface area contributed by atoms with Gasteiger partial charge in [0.25, 0.3) is 0 Å². The van der Waals surface area contributed by atoms with Crippen molar-refractivity contribution in [3.63, 3.8) is 0 Å². The number of benzene rings is 1. The van der Waals surface area contributed by atoms with Gasteiger partial charge in [-0.15, -0.1) is 4.68 Å². The van der Waals surface area contributed by atoms with E-state index in [0.29, 0.717) is 11.2 Å². The zero-order valence-electron chi connectivity index (χ0n) is 11.4. The van der Waals surface area contributed by atoms with Gasteiger partial charge in [-0.05, 0) is 48.4 Å². The van der Waals surface area contributed by atoms with Gasteiger partial charge < -0.3 is 4.90 Å². The van der Waals surface area contributed by atoms with Crippen molar-refractivity contribution >= 4 is 6.03 Å². The third-order valence-electron chi connectivity index (χ3n) is 3.61. The van der Waals surface area contributed by atoms with E-state index in [4.69, 9.17) is 0 Å². The monoisotopic (exact) mass is 291 g/mol. The topological polar surface area (TPSA) is 73.0 Å². The van der Waals surface area contributed by atoms with E-state index in [1.807, 2.05) is 6.92 Å². The molecule has 7 nitrogen and oxygen atoms in total. The molecular weight excluding hydrogens is 277 g/mol. The average Bonchev–Trinajstić information content (AvgIpc) is 3.04. The Kier molecular flexibility index (Phi) is 3.28. The Morgan fingerprint density at radius 2 is 2.19 bits per heavy atom. The highest BCUT2D eigenvalue weighted by atomic mass is 19.1. The molecule has 1 saturated heterocycles. The van der Waals surface area contributed by atoms with Crippen molar-refractivity contribution in [2.45, 2.75) is 25.8 Å². The summed E-state index contributed by atoms with van der Waals surface area (Å²) in [7, 11) is 0. The van der Waals surface area contributed by atoms with Gasteiger partial charge in [-0.25, -0.2) is 14.0 Å². The van der Waals surface area contributed by atoms with Crippen molar-refractivity contribution in [3.05, 3.63) is 40.6 Å². The highest BCUT2D eigenvalue weighted by Gasteiger charge is 2.29. The van der Waals surface area contributed by atoms with E-state index < -0.39 is 17.5 Å². The Balaban J connectivity index is 1.96. The van der Waals surface area contributed by atoms with Gasteiger partial charge >= 0.3 is 11.7 Å². The van der Waals surface area contributed by atoms with Crippen LogP contribution in [0.2, 0.25) is 0 Å². The van der Waals surface area contributed by atoms with Gasteiger partial charge in [-0.1, -0.05) is 6.07 Å². The SMILES string of the molecule is C[C@@H]1CCCN1C(=O)n1nnn(-c2cccc(F)c2)c1=O. The van der Waals surface area contributed by atoms with Gasteiger partial charge in [-0.2, -0.15) is 4.68 Å². The summed E-state index contributed by atoms with van der Waals surface area (Å²) in [6, 6.07) is 4.98. The number of likely N-dealkylation sites (tertiary alicyclic amines) is 1. The molecule has 0 saturated carbocycles. The van der Waals surface area contributed by atoms with Crippen molar-refractivity contribution in [2.24, 2.45) is 0 Å². The number of carbonyl (C=O) groups is 1. The first-order valence-corrected chi connectivity index (χ1v) is 6.70. The van der Waals surface area contributed by atoms with Gasteiger partial charge in [-0.3, -0.25) is 0 Å². The summed E-state index contributed by atoms with van der Waals surface area (Å²) < 4.78 is 14.8. The second kappa shape index (κ2) is 5.12. The van der Waals surface area contributed by atoms with Gasteiger partial charge in [0.2, 0.25) is 0 Å². The number of amides is 1. The fraction of sp³-hybridized carbons (Fsp3) is 0.385. The number of aromatic nitrogens is 4. The molecular formula is C13H14FN5O2. The molecule has 1 fully saturated rings. The molecule has 0 spiro atoms. The number of rotatable bonds is 1. The molecule has 0 bridgehead atoms. The molecule has 1 aliphatic heterocycles. The molecule has 0 unspecified atom stereocenters. The summed E-state index contributed by atoms with van der Waals surface area (Å²) in [5.41, 5.74) is -0.474. The van der Waals surface area contributed by atoms with Crippen molar-refractivity contribution < 1.29 is 9.18 Å². The lowest BCUT2D eigenvalue weighted by Gasteiger charge is -2.19. The first-order valence-electron chi connectivity index (χ1n) is 6.70. The van der Waals surface area contributed by atoms with Crippen molar-refractivity contribution in [2.75, 3.05) is 6.54 Å². The number of tetrazole rings is 1. The first-order chi connectivity index (χ1) is 10.1. The molecule has 21 heavy (non-hydrogen) atoms. The zero-order valence-corrected chi connectivity index (χ0v) is 11.4. The molecule has 1 aromatic carbocycles. The van der Waals surface area contributed by atoms with E-state index in [1.165, 1.54) is 18.2 Å². The van der Waals surface area contributed by atoms with Gasteiger partial charge in [0.1, 0.15) is 5.82 Å². The quantitative estimate of drug-likeness (QED) is 0.735. The molecule has 1 amide bonds. The van der Waals surface area contributed by atoms with Crippen LogP contribution in [0.5, 0.6) is 0 Å². The Bertz CT molecular complexity index is 738. The highest BCUT2D eigenvalue weighted by molar-refractivity contribution is 5.76. The molecule has 1 aliphatic rings. The van der Waals surface area contributed by atoms with Crippen LogP contribution >= 0.6 is 0 Å². The van der Waals surface area contributed by atoms with E-state index in [-0.39, 0.29) is 11.7 Å². The van der Waals surface area contributed by atoms with Gasteiger partial charge in [0, 0.05) is 12.6 Å². The molecule has 1 atom stereocenters. The molecule has 8 heteroatoms. The lowest BCUT2D eigenvalue weighted by molar-refractivity contribution is 0.193. The molecule has 0 aliphatic carbocycles. The van der Waals surface area contributed by atoms with Crippen molar-refractivity contribution in [1.82, 2.24) is 24.7 Å². The summed E-state index contributed by atoms with van der Waals surface area (Å²) in [4.78, 5) is 26.1. The smallest absolute Gasteiger partial charge is 0.320 e. The van der Waals surface area contributed by atoms with Crippen LogP contribution in [0.3, 0.4) is 0 Å². The minimum absolute atomic E-state index is 0.0729. The number of nitrogens with zero attached hydrogens (tertiary/aromatic N) is 5. The van der Waals surface area contributed by atoms with Gasteiger partial charge in [0.15, 0.2) is 0 Å². The second-order valence-electron chi connectivity index (χ2n) is 5.03. The van der Waals surface area contributed by atoms with Crippen LogP contribution in [0.25, 0.3) is 5.69 Å². The van der Waals surface area contributed by atoms with E-state index >= 15 is 0 Å². The third-order valence-corrected chi connectivity index (χ3v) is 3.61. The van der Waals surface area contributed by atoms with E-state index in [1.54, 1.807) is 4.90 Å². The number of hydrogen-bond acceptors (Lipinski definition) is 4. The Hall–Kier alpha value is -2.51. The summed E-state index contributed by atoms with van der Waals surface area (Å²) in [6.45, 7) is 2.52. The molecule has 2 heterocycles. The maximum absolute atomic E-state index is 13.2. The Morgan fingerprint density at radius 1 is 1.38 bits per heavy atom. The van der Waals surface area contributed by atoms with Crippen LogP contribution < -0.4 is 5.69 Å². The number of hydrogen-bond donors (Lipinski definition) is 0. The van der Waals surface area contributed by atoms with E-state index in [0.717, 1.165) is 23.6 Å². The normalized spacial score (nSPS) is 18.2. The molecule has 0 radical (unpaired) electrons. The maximum atomic E-state index is 13.2. The summed E-state index contributed by atoms with van der Waals surface area (Å²) in [5, 5.41) is 7.25. The highest BCUT2D eigenvalue weighted by Crippen LogP contribution is 2.16. The third kappa shape index (κ3) is 2.32. The lowest BCUT2D eigenvalue weighted by atomic mass is 10.2. The second-order valence-corrected chi connectivity index (χ2v) is 5.03. The Morgan fingerprint density at radius 3 is 2.86 bits per heavy atom. The van der Waals surface area contributed by atoms with Crippen LogP contribution in [0.15, 0.2) is 29.1 Å². The predicted molar refractivity (Wildman–Crippen MR) is 71.8 cm³/mol. The minimum atomic E-state index is -0.704. The van der Waals surface area contributed by atoms with Crippen LogP contribution in [-0.2, 0) is 0 Å². The standard InChI is InChI=1S/C13H14FN5O2/c1-9-4-3-7-17(9)12(20)19-13(21)18(15-16-19)11-6-2-5-10(14)8-11/h2,5-6,8-9H,3-4,7H2,1H3/t9-/m1/s1. The number of carbonyl (C=O) groups excluding carboxylic acids is 1. The minimum Gasteiger partial charge on any atom is -0.320 e. The fourth-order valence-electron chi connectivity index (χ4n) is 2.48. The average molecular weight is 291 g/mol. The van der Waals surface area contributed by atoms with Gasteiger partial charge in [0.05, 0.1) is 5.69 Å². The van der Waals surface area contributed by atoms with Crippen molar-refractivity contribution in [3.8, 4) is 5.69 Å². The van der Waals surface area contributed by atoms with Crippen LogP contribution in [0, 0.1) is 5.82 Å². The number of halogens is 1. The van der Waals surface area contributed by atoms with Crippen LogP contribution in [0.1, 0.15) is 19.8 Å². The Labute approximate surface area is 119 Å². The molecule has 1 aromatic heterocycles. The molecule has 2 aromatic rings. The lowest BCUT2D eigenvalue weighted by Crippen LogP contribution is -2.42. The predicted octanol–water partition coefficient (Wildman–Crippen LogP) is 1.02. The zero-order chi connectivity index (χ0) is 15.0. The summed E-state index contributed by atoms with van der Waals surface area (Å²) in [6.07, 6.45) is 1.80. The van der Waals surface area contributed by atoms with Crippen molar-refractivity contribution in [1.29, 1.82) is 0 Å². The summed E-state index contributed by atoms with van der Waals surface area (Å²) >= 11 is 0. The van der Waals surface area contributed by atoms with Crippen LogP contribution in [0.4, 0.5) is 9.18 Å². The van der Waals surface area contributed by atoms with Crippen LogP contribution in [-0.4, -0.2) is 43.3 Å². The van der Waals surface area contributed by atoms with E-state index in [9.17, 15) is 14.0 Å². The van der Waals surface area contributed by atoms with E-state index in [2.05, 4.69) is 10.4 Å². The maximum Gasteiger partial charge on any atom is 0.377 e. The molecule has 0 N–H and O–H groups in total. The molecule has 110 valence electrons. The first kappa shape index (κ1) is 13.5.